The molecule has 1 aromatic heterocycles. The molecule has 2 nitrogen and oxygen atoms in total. The van der Waals surface area contributed by atoms with E-state index < -0.39 is 5.95 Å². The molecule has 1 aliphatic carbocycles. The average Bonchev–Trinajstić information content (AvgIpc) is 2.87. The maximum Gasteiger partial charge on any atom is 0.212 e. The highest BCUT2D eigenvalue weighted by molar-refractivity contribution is 5.16. The third-order valence-corrected chi connectivity index (χ3v) is 2.27. The van der Waals surface area contributed by atoms with Crippen molar-refractivity contribution in [1.82, 2.24) is 4.98 Å². The van der Waals surface area contributed by atoms with Gasteiger partial charge < -0.3 is 5.73 Å². The zero-order chi connectivity index (χ0) is 8.55. The topological polar surface area (TPSA) is 38.9 Å². The molecule has 0 radical (unpaired) electrons. The minimum Gasteiger partial charge on any atom is -0.324 e. The largest absolute Gasteiger partial charge is 0.324 e. The molecule has 0 saturated heterocycles. The van der Waals surface area contributed by atoms with Crippen LogP contribution in [0.25, 0.3) is 0 Å². The molecule has 1 atom stereocenters. The Hall–Kier alpha value is -0.960. The third-order valence-electron chi connectivity index (χ3n) is 2.27. The second-order valence-corrected chi connectivity index (χ2v) is 3.28. The number of nitrogens with two attached hydrogens (primary N) is 1. The van der Waals surface area contributed by atoms with E-state index in [-0.39, 0.29) is 6.04 Å². The van der Waals surface area contributed by atoms with Gasteiger partial charge in [0, 0.05) is 12.2 Å². The number of hydrogen-bond acceptors (Lipinski definition) is 2. The molecule has 2 rings (SSSR count). The maximum absolute atomic E-state index is 12.4. The van der Waals surface area contributed by atoms with Crippen molar-refractivity contribution in [2.45, 2.75) is 18.9 Å². The highest BCUT2D eigenvalue weighted by Crippen LogP contribution is 2.38. The molecular formula is C9H11FN2. The van der Waals surface area contributed by atoms with Crippen molar-refractivity contribution in [3.8, 4) is 0 Å². The van der Waals surface area contributed by atoms with Crippen LogP contribution in [-0.4, -0.2) is 4.98 Å². The molecule has 64 valence electrons. The third kappa shape index (κ3) is 1.46. The Labute approximate surface area is 70.6 Å². The van der Waals surface area contributed by atoms with Crippen molar-refractivity contribution in [2.75, 3.05) is 0 Å². The van der Waals surface area contributed by atoms with Crippen LogP contribution in [0.4, 0.5) is 4.39 Å². The molecule has 1 aromatic rings. The lowest BCUT2D eigenvalue weighted by Crippen LogP contribution is -2.12. The summed E-state index contributed by atoms with van der Waals surface area (Å²) < 4.78 is 12.4. The first-order chi connectivity index (χ1) is 5.77. The van der Waals surface area contributed by atoms with Crippen LogP contribution in [-0.2, 0) is 0 Å². The zero-order valence-electron chi connectivity index (χ0n) is 6.70. The minimum atomic E-state index is -0.443. The second-order valence-electron chi connectivity index (χ2n) is 3.28. The van der Waals surface area contributed by atoms with Gasteiger partial charge in [0.1, 0.15) is 0 Å². The number of hydrogen-bond donors (Lipinski definition) is 1. The van der Waals surface area contributed by atoms with Gasteiger partial charge in [-0.1, -0.05) is 6.07 Å². The number of halogens is 1. The van der Waals surface area contributed by atoms with Gasteiger partial charge in [-0.2, -0.15) is 4.39 Å². The molecule has 0 amide bonds. The fraction of sp³-hybridized carbons (Fsp3) is 0.444. The van der Waals surface area contributed by atoms with E-state index in [2.05, 4.69) is 4.98 Å². The van der Waals surface area contributed by atoms with Crippen molar-refractivity contribution in [3.63, 3.8) is 0 Å². The van der Waals surface area contributed by atoms with Crippen LogP contribution < -0.4 is 5.73 Å². The lowest BCUT2D eigenvalue weighted by Gasteiger charge is -2.08. The van der Waals surface area contributed by atoms with Crippen molar-refractivity contribution >= 4 is 0 Å². The van der Waals surface area contributed by atoms with Gasteiger partial charge >= 0.3 is 0 Å². The molecule has 0 aromatic carbocycles. The molecule has 1 unspecified atom stereocenters. The first kappa shape index (κ1) is 7.68. The molecular weight excluding hydrogens is 155 g/mol. The molecule has 12 heavy (non-hydrogen) atoms. The average molecular weight is 166 g/mol. The molecule has 0 spiro atoms. The Morgan fingerprint density at radius 2 is 2.25 bits per heavy atom. The summed E-state index contributed by atoms with van der Waals surface area (Å²) in [6, 6.07) is 3.13. The van der Waals surface area contributed by atoms with Gasteiger partial charge in [0.25, 0.3) is 0 Å². The summed E-state index contributed by atoms with van der Waals surface area (Å²) in [6.07, 6.45) is 3.91. The smallest absolute Gasteiger partial charge is 0.212 e. The number of pyridine rings is 1. The summed E-state index contributed by atoms with van der Waals surface area (Å²) in [4.78, 5) is 3.56. The predicted molar refractivity (Wildman–Crippen MR) is 43.8 cm³/mol. The van der Waals surface area contributed by atoms with Crippen LogP contribution >= 0.6 is 0 Å². The molecule has 0 aliphatic heterocycles. The Morgan fingerprint density at radius 3 is 2.75 bits per heavy atom. The van der Waals surface area contributed by atoms with Crippen LogP contribution in [0.5, 0.6) is 0 Å². The second kappa shape index (κ2) is 2.83. The highest BCUT2D eigenvalue weighted by atomic mass is 19.1. The van der Waals surface area contributed by atoms with E-state index in [0.717, 1.165) is 5.56 Å². The van der Waals surface area contributed by atoms with Gasteiger partial charge in [0.05, 0.1) is 0 Å². The van der Waals surface area contributed by atoms with Gasteiger partial charge in [0.15, 0.2) is 0 Å². The summed E-state index contributed by atoms with van der Waals surface area (Å²) in [6.45, 7) is 0. The van der Waals surface area contributed by atoms with Crippen molar-refractivity contribution in [2.24, 2.45) is 11.7 Å². The Kier molecular flexibility index (Phi) is 1.81. The number of rotatable bonds is 2. The summed E-state index contributed by atoms with van der Waals surface area (Å²) in [5.41, 5.74) is 6.83. The van der Waals surface area contributed by atoms with Crippen molar-refractivity contribution < 1.29 is 4.39 Å². The van der Waals surface area contributed by atoms with Crippen molar-refractivity contribution in [3.05, 3.63) is 29.8 Å². The van der Waals surface area contributed by atoms with E-state index >= 15 is 0 Å². The molecule has 0 bridgehead atoms. The summed E-state index contributed by atoms with van der Waals surface area (Å²) >= 11 is 0. The first-order valence-corrected chi connectivity index (χ1v) is 4.14. The van der Waals surface area contributed by atoms with Crippen LogP contribution in [0.1, 0.15) is 24.4 Å². The molecule has 1 fully saturated rings. The molecule has 2 N–H and O–H groups in total. The highest BCUT2D eigenvalue weighted by Gasteiger charge is 2.29. The fourth-order valence-electron chi connectivity index (χ4n) is 1.31. The summed E-state index contributed by atoms with van der Waals surface area (Å²) in [5.74, 6) is 0.152. The number of nitrogens with zero attached hydrogens (tertiary/aromatic N) is 1. The van der Waals surface area contributed by atoms with E-state index in [0.29, 0.717) is 5.92 Å². The Balaban J connectivity index is 2.16. The van der Waals surface area contributed by atoms with Gasteiger partial charge in [-0.15, -0.1) is 0 Å². The lowest BCUT2D eigenvalue weighted by atomic mass is 10.1. The number of aromatic nitrogens is 1. The first-order valence-electron chi connectivity index (χ1n) is 4.14. The van der Waals surface area contributed by atoms with Crippen molar-refractivity contribution in [1.29, 1.82) is 0 Å². The molecule has 1 saturated carbocycles. The maximum atomic E-state index is 12.4. The van der Waals surface area contributed by atoms with Crippen LogP contribution in [0.2, 0.25) is 0 Å². The van der Waals surface area contributed by atoms with Crippen LogP contribution in [0.3, 0.4) is 0 Å². The van der Waals surface area contributed by atoms with E-state index in [9.17, 15) is 4.39 Å². The fourth-order valence-corrected chi connectivity index (χ4v) is 1.31. The predicted octanol–water partition coefficient (Wildman–Crippen LogP) is 1.63. The zero-order valence-corrected chi connectivity index (χ0v) is 6.70. The summed E-state index contributed by atoms with van der Waals surface area (Å²) in [5, 5.41) is 0. The van der Waals surface area contributed by atoms with Gasteiger partial charge in [-0.3, -0.25) is 0 Å². The monoisotopic (exact) mass is 166 g/mol. The quantitative estimate of drug-likeness (QED) is 0.678. The summed E-state index contributed by atoms with van der Waals surface area (Å²) in [7, 11) is 0. The SMILES string of the molecule is NC(c1ccc(F)nc1)C1CC1. The molecule has 3 heteroatoms. The lowest BCUT2D eigenvalue weighted by molar-refractivity contribution is 0.573. The van der Waals surface area contributed by atoms with Gasteiger partial charge in [-0.05, 0) is 30.4 Å². The van der Waals surface area contributed by atoms with Gasteiger partial charge in [-0.25, -0.2) is 4.98 Å². The van der Waals surface area contributed by atoms with Crippen LogP contribution in [0, 0.1) is 11.9 Å². The molecule has 1 aliphatic rings. The van der Waals surface area contributed by atoms with E-state index in [4.69, 9.17) is 5.73 Å². The van der Waals surface area contributed by atoms with E-state index in [1.165, 1.54) is 25.1 Å². The molecule has 1 heterocycles. The van der Waals surface area contributed by atoms with Crippen LogP contribution in [0.15, 0.2) is 18.3 Å². The van der Waals surface area contributed by atoms with E-state index in [1.54, 1.807) is 6.07 Å². The minimum absolute atomic E-state index is 0.0538. The Morgan fingerprint density at radius 1 is 1.50 bits per heavy atom. The Bertz CT molecular complexity index is 266. The van der Waals surface area contributed by atoms with E-state index in [1.807, 2.05) is 0 Å². The van der Waals surface area contributed by atoms with Gasteiger partial charge in [0.2, 0.25) is 5.95 Å². The standard InChI is InChI=1S/C9H11FN2/c10-8-4-3-7(5-12-8)9(11)6-1-2-6/h3-6,9H,1-2,11H2. The normalized spacial score (nSPS) is 19.2.